The molecule has 2 aliphatic rings. The molecule has 0 N–H and O–H groups in total. The van der Waals surface area contributed by atoms with Crippen LogP contribution in [-0.4, -0.2) is 18.0 Å². The van der Waals surface area contributed by atoms with E-state index in [0.29, 0.717) is 12.0 Å². The van der Waals surface area contributed by atoms with Crippen molar-refractivity contribution in [3.8, 4) is 0 Å². The highest BCUT2D eigenvalue weighted by Gasteiger charge is 2.38. The number of hydrogen-bond acceptors (Lipinski definition) is 2. The van der Waals surface area contributed by atoms with Crippen molar-refractivity contribution in [1.82, 2.24) is 0 Å². The van der Waals surface area contributed by atoms with Crippen molar-refractivity contribution >= 4 is 28.5 Å². The maximum atomic E-state index is 6.35. The maximum absolute atomic E-state index is 6.35. The number of unbranched alkanes of at least 4 members (excludes halogenated alkanes) is 1. The minimum atomic E-state index is 0.125. The average Bonchev–Trinajstić information content (AvgIpc) is 3.07. The fourth-order valence-electron chi connectivity index (χ4n) is 3.59. The third-order valence-corrected chi connectivity index (χ3v) is 5.92. The molecule has 0 spiro atoms. The Morgan fingerprint density at radius 2 is 1.96 bits per heavy atom. The molecule has 23 heavy (non-hydrogen) atoms. The number of rotatable bonds is 5. The summed E-state index contributed by atoms with van der Waals surface area (Å²) in [5.74, 6) is 1.51. The molecule has 0 unspecified atom stereocenters. The summed E-state index contributed by atoms with van der Waals surface area (Å²) in [6, 6.07) is 10.7. The first-order valence-electron chi connectivity index (χ1n) is 8.95. The Kier molecular flexibility index (Phi) is 6.15. The van der Waals surface area contributed by atoms with Crippen LogP contribution in [0.25, 0.3) is 0 Å². The lowest BCUT2D eigenvalue weighted by molar-refractivity contribution is 0.185. The van der Waals surface area contributed by atoms with Gasteiger partial charge in [-0.15, -0.1) is 0 Å². The third kappa shape index (κ3) is 4.17. The Hall–Kier alpha value is -0.840. The van der Waals surface area contributed by atoms with Gasteiger partial charge in [0.25, 0.3) is 0 Å². The van der Waals surface area contributed by atoms with E-state index in [1.807, 2.05) is 6.07 Å². The zero-order chi connectivity index (χ0) is 16.1. The van der Waals surface area contributed by atoms with Gasteiger partial charge in [0, 0.05) is 9.14 Å². The van der Waals surface area contributed by atoms with E-state index in [1.165, 1.54) is 42.1 Å². The lowest BCUT2D eigenvalue weighted by Crippen LogP contribution is -2.31. The van der Waals surface area contributed by atoms with E-state index >= 15 is 0 Å². The van der Waals surface area contributed by atoms with E-state index in [0.717, 1.165) is 17.9 Å². The molecule has 0 amide bonds. The van der Waals surface area contributed by atoms with Crippen molar-refractivity contribution < 1.29 is 4.74 Å². The molecule has 1 saturated carbocycles. The minimum absolute atomic E-state index is 0.125. The Morgan fingerprint density at radius 1 is 1.22 bits per heavy atom. The lowest BCUT2D eigenvalue weighted by Gasteiger charge is -2.28. The first-order chi connectivity index (χ1) is 11.3. The molecule has 1 fully saturated rings. The van der Waals surface area contributed by atoms with Gasteiger partial charge in [0.15, 0.2) is 6.10 Å². The highest BCUT2D eigenvalue weighted by atomic mass is 127. The van der Waals surface area contributed by atoms with Crippen molar-refractivity contribution in [2.45, 2.75) is 64.0 Å². The van der Waals surface area contributed by atoms with Crippen LogP contribution in [0, 0.1) is 5.92 Å². The topological polar surface area (TPSA) is 21.6 Å². The Balaban J connectivity index is 1.84. The van der Waals surface area contributed by atoms with E-state index in [4.69, 9.17) is 9.73 Å². The predicted molar refractivity (Wildman–Crippen MR) is 105 cm³/mol. The molecule has 124 valence electrons. The van der Waals surface area contributed by atoms with E-state index in [9.17, 15) is 0 Å². The number of nitrogens with zero attached hydrogens (tertiary/aromatic N) is 1. The Labute approximate surface area is 153 Å². The van der Waals surface area contributed by atoms with Gasteiger partial charge in [-0.2, -0.15) is 0 Å². The number of halogens is 1. The van der Waals surface area contributed by atoms with Gasteiger partial charge >= 0.3 is 0 Å². The lowest BCUT2D eigenvalue weighted by atomic mass is 9.82. The number of aliphatic imine (C=N–C) groups is 1. The molecular weight excluding hydrogens is 397 g/mol. The smallest absolute Gasteiger partial charge is 0.217 e. The average molecular weight is 423 g/mol. The summed E-state index contributed by atoms with van der Waals surface area (Å²) in [5, 5.41) is 0. The Morgan fingerprint density at radius 3 is 2.65 bits per heavy atom. The number of allylic oxidation sites excluding steroid dienone is 1. The molecule has 0 saturated heterocycles. The first-order valence-corrected chi connectivity index (χ1v) is 10.0. The third-order valence-electron chi connectivity index (χ3n) is 4.87. The summed E-state index contributed by atoms with van der Waals surface area (Å²) in [6.45, 7) is 2.22. The molecule has 2 atom stereocenters. The summed E-state index contributed by atoms with van der Waals surface area (Å²) in [4.78, 5) is 5.04. The molecule has 0 radical (unpaired) electrons. The second-order valence-electron chi connectivity index (χ2n) is 6.61. The van der Waals surface area contributed by atoms with Gasteiger partial charge in [-0.25, -0.2) is 4.99 Å². The number of ether oxygens (including phenoxy) is 1. The van der Waals surface area contributed by atoms with Crippen LogP contribution in [0.5, 0.6) is 0 Å². The molecule has 3 heteroatoms. The maximum Gasteiger partial charge on any atom is 0.217 e. The zero-order valence-corrected chi connectivity index (χ0v) is 16.0. The molecule has 1 aliphatic heterocycles. The van der Waals surface area contributed by atoms with E-state index < -0.39 is 0 Å². The van der Waals surface area contributed by atoms with Gasteiger partial charge in [0.05, 0.1) is 6.04 Å². The van der Waals surface area contributed by atoms with Gasteiger partial charge in [0.1, 0.15) is 0 Å². The molecule has 3 rings (SSSR count). The molecule has 1 heterocycles. The number of hydrogen-bond donors (Lipinski definition) is 0. The van der Waals surface area contributed by atoms with Gasteiger partial charge in [-0.05, 0) is 59.9 Å². The number of benzene rings is 1. The molecule has 0 bridgehead atoms. The van der Waals surface area contributed by atoms with Crippen LogP contribution in [0.2, 0.25) is 0 Å². The van der Waals surface area contributed by atoms with Crippen LogP contribution < -0.4 is 0 Å². The summed E-state index contributed by atoms with van der Waals surface area (Å²) in [5.41, 5.74) is 1.11. The molecule has 1 aromatic carbocycles. The highest BCUT2D eigenvalue weighted by molar-refractivity contribution is 14.1. The van der Waals surface area contributed by atoms with Crippen molar-refractivity contribution in [1.29, 1.82) is 0 Å². The van der Waals surface area contributed by atoms with E-state index in [2.05, 4.69) is 59.9 Å². The zero-order valence-electron chi connectivity index (χ0n) is 13.9. The molecule has 1 aliphatic carbocycles. The van der Waals surface area contributed by atoms with Crippen molar-refractivity contribution in [3.05, 3.63) is 45.6 Å². The summed E-state index contributed by atoms with van der Waals surface area (Å²) in [7, 11) is 0. The normalized spacial score (nSPS) is 26.0. The van der Waals surface area contributed by atoms with Crippen LogP contribution in [0.15, 0.2) is 45.0 Å². The summed E-state index contributed by atoms with van der Waals surface area (Å²) < 4.78 is 7.67. The van der Waals surface area contributed by atoms with Crippen molar-refractivity contribution in [2.75, 3.05) is 0 Å². The second kappa shape index (κ2) is 8.32. The van der Waals surface area contributed by atoms with Gasteiger partial charge < -0.3 is 4.74 Å². The summed E-state index contributed by atoms with van der Waals surface area (Å²) in [6.07, 6.45) is 11.4. The SMILES string of the molecule is CCC/C=C(\I)[C@H]1OC(c2ccccc2)=N[C@@H]1C1CCCCC1. The van der Waals surface area contributed by atoms with Crippen molar-refractivity contribution in [3.63, 3.8) is 0 Å². The Bertz CT molecular complexity index is 560. The van der Waals surface area contributed by atoms with Crippen molar-refractivity contribution in [2.24, 2.45) is 10.9 Å². The van der Waals surface area contributed by atoms with Crippen LogP contribution in [0.4, 0.5) is 0 Å². The molecule has 2 nitrogen and oxygen atoms in total. The monoisotopic (exact) mass is 423 g/mol. The standard InChI is InChI=1S/C20H26INO/c1-2-3-14-17(21)19-18(15-10-6-4-7-11-15)22-20(23-19)16-12-8-5-9-13-16/h5,8-9,12-15,18-19H,2-4,6-7,10-11H2,1H3/b17-14-/t18-,19-/m1/s1. The molecular formula is C20H26INO. The molecule has 1 aromatic rings. The molecule has 0 aromatic heterocycles. The second-order valence-corrected chi connectivity index (χ2v) is 7.85. The highest BCUT2D eigenvalue weighted by Crippen LogP contribution is 2.37. The van der Waals surface area contributed by atoms with Crippen LogP contribution in [0.1, 0.15) is 57.4 Å². The largest absolute Gasteiger partial charge is 0.466 e. The minimum Gasteiger partial charge on any atom is -0.466 e. The quantitative estimate of drug-likeness (QED) is 0.541. The fourth-order valence-corrected chi connectivity index (χ4v) is 4.40. The fraction of sp³-hybridized carbons (Fsp3) is 0.550. The van der Waals surface area contributed by atoms with Gasteiger partial charge in [-0.1, -0.05) is 56.9 Å². The van der Waals surface area contributed by atoms with Gasteiger partial charge in [0.2, 0.25) is 5.90 Å². The first kappa shape index (κ1) is 17.0. The van der Waals surface area contributed by atoms with Crippen LogP contribution >= 0.6 is 22.6 Å². The van der Waals surface area contributed by atoms with E-state index in [-0.39, 0.29) is 6.10 Å². The predicted octanol–water partition coefficient (Wildman–Crippen LogP) is 5.90. The van der Waals surface area contributed by atoms with Gasteiger partial charge in [-0.3, -0.25) is 0 Å². The van der Waals surface area contributed by atoms with Crippen LogP contribution in [-0.2, 0) is 4.74 Å². The summed E-state index contributed by atoms with van der Waals surface area (Å²) >= 11 is 2.47. The van der Waals surface area contributed by atoms with Crippen LogP contribution in [0.3, 0.4) is 0 Å². The van der Waals surface area contributed by atoms with E-state index in [1.54, 1.807) is 0 Å².